The number of amidine groups is 1. The molecule has 5 rings (SSSR count). The van der Waals surface area contributed by atoms with Crippen molar-refractivity contribution in [1.82, 2.24) is 10.4 Å². The highest BCUT2D eigenvalue weighted by atomic mass is 16.2. The molecular formula is C21H16N4O2. The Bertz CT molecular complexity index is 1170. The van der Waals surface area contributed by atoms with E-state index < -0.39 is 0 Å². The van der Waals surface area contributed by atoms with E-state index in [2.05, 4.69) is 5.43 Å². The third-order valence-electron chi connectivity index (χ3n) is 4.82. The molecule has 0 bridgehead atoms. The number of rotatable bonds is 2. The van der Waals surface area contributed by atoms with E-state index in [1.807, 2.05) is 36.4 Å². The van der Waals surface area contributed by atoms with Gasteiger partial charge in [-0.3, -0.25) is 19.9 Å². The Labute approximate surface area is 155 Å². The molecule has 132 valence electrons. The number of fused-ring (bicyclic) bond motifs is 4. The highest BCUT2D eigenvalue weighted by Gasteiger charge is 2.38. The predicted octanol–water partition coefficient (Wildman–Crippen LogP) is 3.10. The van der Waals surface area contributed by atoms with Gasteiger partial charge in [0.2, 0.25) is 0 Å². The zero-order valence-corrected chi connectivity index (χ0v) is 14.9. The average molecular weight is 356 g/mol. The summed E-state index contributed by atoms with van der Waals surface area (Å²) in [6.45, 7) is 0. The van der Waals surface area contributed by atoms with Gasteiger partial charge in [0, 0.05) is 30.6 Å². The topological polar surface area (TPSA) is 65.0 Å². The average Bonchev–Trinajstić information content (AvgIpc) is 2.94. The van der Waals surface area contributed by atoms with Gasteiger partial charge in [0.25, 0.3) is 11.8 Å². The number of nitrogens with zero attached hydrogens (tertiary/aromatic N) is 3. The minimum atomic E-state index is -0.229. The van der Waals surface area contributed by atoms with E-state index in [-0.39, 0.29) is 11.8 Å². The van der Waals surface area contributed by atoms with Gasteiger partial charge in [-0.1, -0.05) is 24.3 Å². The van der Waals surface area contributed by atoms with Gasteiger partial charge < -0.3 is 0 Å². The molecule has 0 aromatic heterocycles. The van der Waals surface area contributed by atoms with Crippen molar-refractivity contribution in [3.63, 3.8) is 0 Å². The highest BCUT2D eigenvalue weighted by Crippen LogP contribution is 2.43. The van der Waals surface area contributed by atoms with Crippen LogP contribution in [0.2, 0.25) is 0 Å². The molecule has 0 fully saturated rings. The van der Waals surface area contributed by atoms with Crippen LogP contribution in [0.15, 0.2) is 59.6 Å². The number of aliphatic imine (C=N–C) groups is 1. The molecule has 6 heteroatoms. The van der Waals surface area contributed by atoms with Gasteiger partial charge in [0.1, 0.15) is 5.84 Å². The summed E-state index contributed by atoms with van der Waals surface area (Å²) in [5.74, 6) is 0.221. The van der Waals surface area contributed by atoms with Crippen molar-refractivity contribution in [3.8, 4) is 0 Å². The third kappa shape index (κ3) is 2.20. The molecule has 0 unspecified atom stereocenters. The van der Waals surface area contributed by atoms with Crippen LogP contribution in [0, 0.1) is 0 Å². The first kappa shape index (κ1) is 15.7. The lowest BCUT2D eigenvalue weighted by Crippen LogP contribution is -2.36. The van der Waals surface area contributed by atoms with Gasteiger partial charge in [-0.15, -0.1) is 0 Å². The zero-order valence-electron chi connectivity index (χ0n) is 14.9. The molecular weight excluding hydrogens is 340 g/mol. The molecule has 2 amide bonds. The van der Waals surface area contributed by atoms with Crippen molar-refractivity contribution in [2.45, 2.75) is 0 Å². The van der Waals surface area contributed by atoms with Crippen LogP contribution in [0.4, 0.5) is 11.4 Å². The monoisotopic (exact) mass is 356 g/mol. The highest BCUT2D eigenvalue weighted by molar-refractivity contribution is 6.40. The number of anilines is 1. The van der Waals surface area contributed by atoms with Crippen LogP contribution in [-0.2, 0) is 0 Å². The molecule has 0 radical (unpaired) electrons. The first-order valence-electron chi connectivity index (χ1n) is 8.62. The number of hydrogen-bond donors (Lipinski definition) is 1. The van der Waals surface area contributed by atoms with Gasteiger partial charge >= 0.3 is 0 Å². The number of hydrogen-bond acceptors (Lipinski definition) is 4. The molecule has 2 aliphatic heterocycles. The fourth-order valence-corrected chi connectivity index (χ4v) is 3.69. The molecule has 3 aromatic carbocycles. The van der Waals surface area contributed by atoms with E-state index in [1.54, 1.807) is 42.2 Å². The molecule has 2 heterocycles. The second kappa shape index (κ2) is 5.49. The molecule has 0 saturated heterocycles. The smallest absolute Gasteiger partial charge is 0.265 e. The summed E-state index contributed by atoms with van der Waals surface area (Å²) in [7, 11) is 3.50. The van der Waals surface area contributed by atoms with Crippen molar-refractivity contribution in [1.29, 1.82) is 0 Å². The van der Waals surface area contributed by atoms with Crippen molar-refractivity contribution in [2.24, 2.45) is 4.99 Å². The van der Waals surface area contributed by atoms with E-state index in [9.17, 15) is 9.59 Å². The SMILES string of the molecule is CN(C)NC(=O)c1ccc2c(c1)C1=Nc3cccc4cccc(c34)N1C2=O. The van der Waals surface area contributed by atoms with E-state index in [0.29, 0.717) is 22.5 Å². The van der Waals surface area contributed by atoms with E-state index >= 15 is 0 Å². The van der Waals surface area contributed by atoms with Crippen molar-refractivity contribution in [3.05, 3.63) is 71.3 Å². The fourth-order valence-electron chi connectivity index (χ4n) is 3.69. The summed E-state index contributed by atoms with van der Waals surface area (Å²) in [5, 5.41) is 3.60. The van der Waals surface area contributed by atoms with E-state index in [0.717, 1.165) is 22.1 Å². The number of benzene rings is 3. The summed E-state index contributed by atoms with van der Waals surface area (Å²) in [4.78, 5) is 31.8. The van der Waals surface area contributed by atoms with Crippen LogP contribution in [0.25, 0.3) is 10.8 Å². The van der Waals surface area contributed by atoms with Crippen LogP contribution < -0.4 is 10.3 Å². The van der Waals surface area contributed by atoms with Gasteiger partial charge in [0.05, 0.1) is 16.9 Å². The molecule has 6 nitrogen and oxygen atoms in total. The second-order valence-electron chi connectivity index (χ2n) is 6.82. The lowest BCUT2D eigenvalue weighted by Gasteiger charge is -2.24. The fraction of sp³-hybridized carbons (Fsp3) is 0.0952. The Kier molecular flexibility index (Phi) is 3.20. The minimum absolute atomic E-state index is 0.120. The maximum absolute atomic E-state index is 13.1. The summed E-state index contributed by atoms with van der Waals surface area (Å²) in [6.07, 6.45) is 0. The quantitative estimate of drug-likeness (QED) is 0.718. The second-order valence-corrected chi connectivity index (χ2v) is 6.82. The Morgan fingerprint density at radius 3 is 2.59 bits per heavy atom. The van der Waals surface area contributed by atoms with Gasteiger partial charge in [0.15, 0.2) is 0 Å². The molecule has 2 aliphatic rings. The van der Waals surface area contributed by atoms with Crippen LogP contribution >= 0.6 is 0 Å². The molecule has 1 N–H and O–H groups in total. The van der Waals surface area contributed by atoms with Crippen LogP contribution in [0.1, 0.15) is 26.3 Å². The molecule has 3 aromatic rings. The van der Waals surface area contributed by atoms with Crippen molar-refractivity contribution < 1.29 is 9.59 Å². The number of hydrazine groups is 1. The number of carbonyl (C=O) groups excluding carboxylic acids is 2. The van der Waals surface area contributed by atoms with Crippen molar-refractivity contribution >= 4 is 39.8 Å². The standard InChI is InChI=1S/C21H16N4O2/c1-24(2)23-20(26)13-9-10-14-15(11-13)19-22-16-7-3-5-12-6-4-8-17(18(12)16)25(19)21(14)27/h3-11H,1-2H3,(H,23,26). The lowest BCUT2D eigenvalue weighted by molar-refractivity contribution is 0.0856. The molecule has 0 saturated carbocycles. The molecule has 0 aliphatic carbocycles. The first-order chi connectivity index (χ1) is 13.0. The third-order valence-corrected chi connectivity index (χ3v) is 4.82. The Balaban J connectivity index is 1.70. The summed E-state index contributed by atoms with van der Waals surface area (Å²) in [5.41, 5.74) is 6.10. The summed E-state index contributed by atoms with van der Waals surface area (Å²) >= 11 is 0. The Morgan fingerprint density at radius 2 is 1.81 bits per heavy atom. The largest absolute Gasteiger partial charge is 0.285 e. The lowest BCUT2D eigenvalue weighted by atomic mass is 10.0. The van der Waals surface area contributed by atoms with Crippen LogP contribution in [0.5, 0.6) is 0 Å². The number of amides is 2. The molecule has 27 heavy (non-hydrogen) atoms. The Hall–Kier alpha value is -3.51. The first-order valence-corrected chi connectivity index (χ1v) is 8.62. The normalized spacial score (nSPS) is 14.3. The van der Waals surface area contributed by atoms with E-state index in [4.69, 9.17) is 4.99 Å². The van der Waals surface area contributed by atoms with Gasteiger partial charge in [-0.05, 0) is 35.7 Å². The predicted molar refractivity (Wildman–Crippen MR) is 105 cm³/mol. The Morgan fingerprint density at radius 1 is 1.04 bits per heavy atom. The van der Waals surface area contributed by atoms with E-state index in [1.165, 1.54) is 0 Å². The summed E-state index contributed by atoms with van der Waals surface area (Å²) < 4.78 is 0. The number of nitrogens with one attached hydrogen (secondary N) is 1. The maximum atomic E-state index is 13.1. The van der Waals surface area contributed by atoms with Crippen LogP contribution in [-0.4, -0.2) is 36.8 Å². The zero-order chi connectivity index (χ0) is 18.7. The summed E-state index contributed by atoms with van der Waals surface area (Å²) in [6, 6.07) is 16.9. The minimum Gasteiger partial charge on any atom is -0.285 e. The number of carbonyl (C=O) groups is 2. The molecule has 0 spiro atoms. The van der Waals surface area contributed by atoms with Crippen LogP contribution in [0.3, 0.4) is 0 Å². The molecule has 0 atom stereocenters. The maximum Gasteiger partial charge on any atom is 0.265 e. The van der Waals surface area contributed by atoms with Gasteiger partial charge in [-0.2, -0.15) is 0 Å². The van der Waals surface area contributed by atoms with Gasteiger partial charge in [-0.25, -0.2) is 10.0 Å². The van der Waals surface area contributed by atoms with Crippen molar-refractivity contribution in [2.75, 3.05) is 19.0 Å².